The lowest BCUT2D eigenvalue weighted by atomic mass is 9.96. The molecule has 2 aliphatic rings. The van der Waals surface area contributed by atoms with Crippen molar-refractivity contribution in [1.29, 1.82) is 0 Å². The highest BCUT2D eigenvalue weighted by atomic mass is 19.4. The van der Waals surface area contributed by atoms with Crippen molar-refractivity contribution >= 4 is 11.6 Å². The number of piperazine rings is 1. The van der Waals surface area contributed by atoms with Crippen molar-refractivity contribution in [2.75, 3.05) is 44.2 Å². The number of pyridine rings is 1. The van der Waals surface area contributed by atoms with Crippen LogP contribution in [0.15, 0.2) is 60.9 Å². The first kappa shape index (κ1) is 30.5. The number of amides is 1. The van der Waals surface area contributed by atoms with E-state index in [1.165, 1.54) is 6.07 Å². The Kier molecular flexibility index (Phi) is 10.4. The third-order valence-corrected chi connectivity index (χ3v) is 7.35. The van der Waals surface area contributed by atoms with Crippen molar-refractivity contribution in [1.82, 2.24) is 15.2 Å². The van der Waals surface area contributed by atoms with Crippen molar-refractivity contribution in [2.45, 2.75) is 45.6 Å². The van der Waals surface area contributed by atoms with E-state index in [0.717, 1.165) is 69.1 Å². The largest absolute Gasteiger partial charge is 0.416 e. The molecule has 1 aromatic heterocycles. The van der Waals surface area contributed by atoms with E-state index < -0.39 is 11.7 Å². The second-order valence-electron chi connectivity index (χ2n) is 9.95. The summed E-state index contributed by atoms with van der Waals surface area (Å²) in [7, 11) is 0. The highest BCUT2D eigenvalue weighted by molar-refractivity contribution is 5.94. The first-order valence-electron chi connectivity index (χ1n) is 14.1. The average Bonchev–Trinajstić information content (AvgIpc) is 2.98. The summed E-state index contributed by atoms with van der Waals surface area (Å²) >= 11 is 0. The second kappa shape index (κ2) is 13.9. The van der Waals surface area contributed by atoms with Crippen molar-refractivity contribution in [3.05, 3.63) is 83.2 Å². The standard InChI is InChI=1S/C29H32F3N5O2.C2H6/c30-29(31,32)24-6-5-22(15-33)27(14-24)21-3-1-20(2-4-21)16-35-28(38)23-13-25(18-34-17-23)37-10-8-36(9-11-37)19-26-7-12-39-26;1-2/h1-6,13-14,17-18,26H,7-12,15-16,19,33H2,(H,35,38);1-2H3. The Bertz CT molecular complexity index is 1290. The van der Waals surface area contributed by atoms with Crippen LogP contribution in [0.4, 0.5) is 18.9 Å². The quantitative estimate of drug-likeness (QED) is 0.393. The van der Waals surface area contributed by atoms with Crippen LogP contribution in [0.3, 0.4) is 0 Å². The van der Waals surface area contributed by atoms with E-state index in [9.17, 15) is 18.0 Å². The summed E-state index contributed by atoms with van der Waals surface area (Å²) in [4.78, 5) is 21.8. The van der Waals surface area contributed by atoms with Crippen LogP contribution in [-0.2, 0) is 24.0 Å². The number of carbonyl (C=O) groups excluding carboxylic acids is 1. The molecule has 0 radical (unpaired) electrons. The molecule has 5 rings (SSSR count). The van der Waals surface area contributed by atoms with Gasteiger partial charge < -0.3 is 20.7 Å². The molecule has 220 valence electrons. The Morgan fingerprint density at radius 2 is 1.76 bits per heavy atom. The van der Waals surface area contributed by atoms with Crippen LogP contribution < -0.4 is 16.0 Å². The van der Waals surface area contributed by atoms with Gasteiger partial charge in [-0.3, -0.25) is 14.7 Å². The van der Waals surface area contributed by atoms with E-state index in [2.05, 4.69) is 20.1 Å². The van der Waals surface area contributed by atoms with Crippen LogP contribution in [0, 0.1) is 0 Å². The minimum Gasteiger partial charge on any atom is -0.377 e. The predicted molar refractivity (Wildman–Crippen MR) is 155 cm³/mol. The number of hydrogen-bond acceptors (Lipinski definition) is 6. The number of halogens is 3. The lowest BCUT2D eigenvalue weighted by Gasteiger charge is -2.39. The molecule has 3 aromatic rings. The maximum Gasteiger partial charge on any atom is 0.416 e. The summed E-state index contributed by atoms with van der Waals surface area (Å²) in [5.74, 6) is -0.238. The normalized spacial score (nSPS) is 17.3. The Hall–Kier alpha value is -3.47. The highest BCUT2D eigenvalue weighted by Gasteiger charge is 2.31. The van der Waals surface area contributed by atoms with Crippen molar-refractivity contribution < 1.29 is 22.7 Å². The molecular formula is C31H38F3N5O2. The molecule has 41 heavy (non-hydrogen) atoms. The van der Waals surface area contributed by atoms with E-state index in [0.29, 0.717) is 28.4 Å². The van der Waals surface area contributed by atoms with Gasteiger partial charge in [-0.05, 0) is 46.9 Å². The van der Waals surface area contributed by atoms with Crippen LogP contribution in [0.25, 0.3) is 11.1 Å². The number of nitrogens with two attached hydrogens (primary N) is 1. The van der Waals surface area contributed by atoms with Gasteiger partial charge in [0.25, 0.3) is 5.91 Å². The summed E-state index contributed by atoms with van der Waals surface area (Å²) in [5, 5.41) is 2.91. The van der Waals surface area contributed by atoms with Gasteiger partial charge in [0.1, 0.15) is 0 Å². The zero-order valence-corrected chi connectivity index (χ0v) is 23.6. The topological polar surface area (TPSA) is 83.7 Å². The molecule has 10 heteroatoms. The number of rotatable bonds is 8. The van der Waals surface area contributed by atoms with Crippen LogP contribution in [-0.4, -0.2) is 61.2 Å². The maximum atomic E-state index is 13.2. The molecule has 0 aliphatic carbocycles. The molecule has 2 aliphatic heterocycles. The molecule has 1 atom stereocenters. The molecule has 0 spiro atoms. The number of nitrogens with one attached hydrogen (secondary N) is 1. The molecule has 7 nitrogen and oxygen atoms in total. The number of ether oxygens (including phenoxy) is 1. The summed E-state index contributed by atoms with van der Waals surface area (Å²) in [6, 6.07) is 12.5. The number of hydrogen-bond donors (Lipinski definition) is 2. The number of carbonyl (C=O) groups is 1. The predicted octanol–water partition coefficient (Wildman–Crippen LogP) is 5.09. The van der Waals surface area contributed by atoms with Gasteiger partial charge in [0.15, 0.2) is 0 Å². The number of aromatic nitrogens is 1. The van der Waals surface area contributed by atoms with E-state index in [4.69, 9.17) is 10.5 Å². The fourth-order valence-corrected chi connectivity index (χ4v) is 4.92. The molecule has 2 aromatic carbocycles. The molecule has 2 fully saturated rings. The summed E-state index contributed by atoms with van der Waals surface area (Å²) < 4.78 is 45.2. The monoisotopic (exact) mass is 569 g/mol. The van der Waals surface area contributed by atoms with Gasteiger partial charge in [0.05, 0.1) is 29.1 Å². The molecule has 3 N–H and O–H groups in total. The van der Waals surface area contributed by atoms with Crippen LogP contribution in [0.5, 0.6) is 0 Å². The number of nitrogens with zero attached hydrogens (tertiary/aromatic N) is 3. The minimum absolute atomic E-state index is 0.128. The van der Waals surface area contributed by atoms with Crippen LogP contribution in [0.2, 0.25) is 0 Å². The molecular weight excluding hydrogens is 531 g/mol. The van der Waals surface area contributed by atoms with Crippen LogP contribution >= 0.6 is 0 Å². The Balaban J connectivity index is 0.00000189. The van der Waals surface area contributed by atoms with Gasteiger partial charge in [0.2, 0.25) is 0 Å². The van der Waals surface area contributed by atoms with E-state index in [1.54, 1.807) is 36.7 Å². The summed E-state index contributed by atoms with van der Waals surface area (Å²) in [5.41, 5.74) is 8.97. The molecule has 0 bridgehead atoms. The van der Waals surface area contributed by atoms with Crippen molar-refractivity contribution in [3.8, 4) is 11.1 Å². The van der Waals surface area contributed by atoms with Gasteiger partial charge in [-0.2, -0.15) is 13.2 Å². The van der Waals surface area contributed by atoms with Crippen LogP contribution in [0.1, 0.15) is 47.3 Å². The highest BCUT2D eigenvalue weighted by Crippen LogP contribution is 2.34. The van der Waals surface area contributed by atoms with E-state index >= 15 is 0 Å². The number of alkyl halides is 3. The Labute approximate surface area is 239 Å². The van der Waals surface area contributed by atoms with Gasteiger partial charge in [-0.25, -0.2) is 0 Å². The van der Waals surface area contributed by atoms with Gasteiger partial charge in [0, 0.05) is 58.6 Å². The summed E-state index contributed by atoms with van der Waals surface area (Å²) in [6.45, 7) is 9.86. The van der Waals surface area contributed by atoms with Crippen molar-refractivity contribution in [2.24, 2.45) is 5.73 Å². The number of benzene rings is 2. The average molecular weight is 570 g/mol. The molecule has 1 amide bonds. The lowest BCUT2D eigenvalue weighted by molar-refractivity contribution is -0.137. The molecule has 1 unspecified atom stereocenters. The first-order chi connectivity index (χ1) is 19.8. The van der Waals surface area contributed by atoms with Gasteiger partial charge in [-0.15, -0.1) is 0 Å². The summed E-state index contributed by atoms with van der Waals surface area (Å²) in [6.07, 6.45) is 0.400. The third-order valence-electron chi connectivity index (χ3n) is 7.35. The fraction of sp³-hybridized carbons (Fsp3) is 0.419. The fourth-order valence-electron chi connectivity index (χ4n) is 4.92. The molecule has 2 saturated heterocycles. The van der Waals surface area contributed by atoms with E-state index in [1.807, 2.05) is 19.9 Å². The Morgan fingerprint density at radius 3 is 2.37 bits per heavy atom. The first-order valence-corrected chi connectivity index (χ1v) is 14.1. The molecule has 3 heterocycles. The zero-order valence-electron chi connectivity index (χ0n) is 23.6. The number of anilines is 1. The van der Waals surface area contributed by atoms with E-state index in [-0.39, 0.29) is 19.0 Å². The SMILES string of the molecule is CC.NCc1ccc(C(F)(F)F)cc1-c1ccc(CNC(=O)c2cncc(N3CCN(CC4CCO4)CC3)c2)cc1. The van der Waals surface area contributed by atoms with Gasteiger partial charge in [-0.1, -0.05) is 44.2 Å². The Morgan fingerprint density at radius 1 is 1.05 bits per heavy atom. The van der Waals surface area contributed by atoms with Crippen molar-refractivity contribution in [3.63, 3.8) is 0 Å². The molecule has 0 saturated carbocycles. The maximum absolute atomic E-state index is 13.2. The van der Waals surface area contributed by atoms with Gasteiger partial charge >= 0.3 is 6.18 Å². The lowest BCUT2D eigenvalue weighted by Crippen LogP contribution is -2.50. The zero-order chi connectivity index (χ0) is 29.4. The smallest absolute Gasteiger partial charge is 0.377 e. The second-order valence-corrected chi connectivity index (χ2v) is 9.95. The third kappa shape index (κ3) is 7.84. The minimum atomic E-state index is -4.43.